The molecule has 0 aromatic heterocycles. The summed E-state index contributed by atoms with van der Waals surface area (Å²) in [4.78, 5) is 14.1. The van der Waals surface area contributed by atoms with E-state index < -0.39 is 5.82 Å². The maximum absolute atomic E-state index is 13.8. The summed E-state index contributed by atoms with van der Waals surface area (Å²) in [5.41, 5.74) is 6.98. The lowest BCUT2D eigenvalue weighted by Gasteiger charge is -2.34. The van der Waals surface area contributed by atoms with Crippen LogP contribution in [0.2, 0.25) is 0 Å². The number of benzene rings is 1. The topological polar surface area (TPSA) is 46.3 Å². The molecule has 2 rings (SSSR count). The molecule has 1 fully saturated rings. The number of likely N-dealkylation sites (tertiary alicyclic amines) is 1. The van der Waals surface area contributed by atoms with Gasteiger partial charge in [-0.3, -0.25) is 4.79 Å². The number of rotatable bonds is 2. The number of carbonyl (C=O) groups is 1. The fourth-order valence-corrected chi connectivity index (χ4v) is 2.60. The highest BCUT2D eigenvalue weighted by Gasteiger charge is 2.27. The Morgan fingerprint density at radius 2 is 2.26 bits per heavy atom. The minimum atomic E-state index is -0.446. The summed E-state index contributed by atoms with van der Waals surface area (Å²) >= 11 is 0. The van der Waals surface area contributed by atoms with E-state index in [0.29, 0.717) is 19.0 Å². The summed E-state index contributed by atoms with van der Waals surface area (Å²) in [5, 5.41) is 0. The van der Waals surface area contributed by atoms with Gasteiger partial charge in [-0.2, -0.15) is 0 Å². The third kappa shape index (κ3) is 3.13. The zero-order valence-corrected chi connectivity index (χ0v) is 11.5. The quantitative estimate of drug-likeness (QED) is 0.891. The van der Waals surface area contributed by atoms with Gasteiger partial charge in [0, 0.05) is 19.1 Å². The van der Waals surface area contributed by atoms with Crippen LogP contribution in [0.15, 0.2) is 18.2 Å². The first-order valence-electron chi connectivity index (χ1n) is 6.80. The predicted molar refractivity (Wildman–Crippen MR) is 73.4 cm³/mol. The van der Waals surface area contributed by atoms with Crippen molar-refractivity contribution in [3.8, 4) is 0 Å². The zero-order valence-electron chi connectivity index (χ0n) is 11.5. The molecule has 1 aliphatic heterocycles. The van der Waals surface area contributed by atoms with Crippen LogP contribution in [0.5, 0.6) is 0 Å². The molecule has 1 aliphatic rings. The van der Waals surface area contributed by atoms with E-state index >= 15 is 0 Å². The molecule has 0 spiro atoms. The second-order valence-corrected chi connectivity index (χ2v) is 5.50. The van der Waals surface area contributed by atoms with E-state index in [1.54, 1.807) is 17.0 Å². The van der Waals surface area contributed by atoms with Crippen LogP contribution in [0.1, 0.15) is 35.7 Å². The fourth-order valence-electron chi connectivity index (χ4n) is 2.60. The Morgan fingerprint density at radius 1 is 1.53 bits per heavy atom. The van der Waals surface area contributed by atoms with Gasteiger partial charge in [-0.15, -0.1) is 0 Å². The Kier molecular flexibility index (Phi) is 4.20. The van der Waals surface area contributed by atoms with E-state index in [4.69, 9.17) is 5.73 Å². The molecule has 1 aromatic rings. The minimum absolute atomic E-state index is 0.0676. The molecule has 4 heteroatoms. The van der Waals surface area contributed by atoms with Gasteiger partial charge in [0.15, 0.2) is 0 Å². The minimum Gasteiger partial charge on any atom is -0.338 e. The molecule has 1 saturated heterocycles. The molecular weight excluding hydrogens is 243 g/mol. The number of nitrogens with zero attached hydrogens (tertiary/aromatic N) is 1. The number of carbonyl (C=O) groups excluding carboxylic acids is 1. The van der Waals surface area contributed by atoms with Gasteiger partial charge in [0.1, 0.15) is 5.82 Å². The summed E-state index contributed by atoms with van der Waals surface area (Å²) in [6.07, 6.45) is 1.98. The lowest BCUT2D eigenvalue weighted by atomic mass is 9.92. The first kappa shape index (κ1) is 14.0. The molecule has 2 unspecified atom stereocenters. The number of nitrogens with two attached hydrogens (primary N) is 1. The van der Waals surface area contributed by atoms with Crippen molar-refractivity contribution in [1.29, 1.82) is 0 Å². The van der Waals surface area contributed by atoms with Crippen molar-refractivity contribution >= 4 is 5.91 Å². The second-order valence-electron chi connectivity index (χ2n) is 5.50. The van der Waals surface area contributed by atoms with Crippen molar-refractivity contribution in [3.05, 3.63) is 35.1 Å². The summed E-state index contributed by atoms with van der Waals surface area (Å²) < 4.78 is 13.8. The Hall–Kier alpha value is -1.42. The molecule has 1 aromatic carbocycles. The highest BCUT2D eigenvalue weighted by molar-refractivity contribution is 5.94. The number of hydrogen-bond donors (Lipinski definition) is 1. The van der Waals surface area contributed by atoms with Crippen molar-refractivity contribution in [2.45, 2.75) is 32.7 Å². The Morgan fingerprint density at radius 3 is 2.95 bits per heavy atom. The number of piperidine rings is 1. The van der Waals surface area contributed by atoms with Gasteiger partial charge < -0.3 is 10.6 Å². The van der Waals surface area contributed by atoms with Gasteiger partial charge >= 0.3 is 0 Å². The van der Waals surface area contributed by atoms with Crippen molar-refractivity contribution in [2.75, 3.05) is 13.1 Å². The van der Waals surface area contributed by atoms with Crippen molar-refractivity contribution in [3.63, 3.8) is 0 Å². The van der Waals surface area contributed by atoms with Gasteiger partial charge in [0.2, 0.25) is 0 Å². The van der Waals surface area contributed by atoms with E-state index in [2.05, 4.69) is 0 Å². The first-order chi connectivity index (χ1) is 8.99. The summed E-state index contributed by atoms with van der Waals surface area (Å²) in [5.74, 6) is -0.351. The summed E-state index contributed by atoms with van der Waals surface area (Å²) in [6.45, 7) is 5.14. The maximum atomic E-state index is 13.8. The molecule has 0 saturated carbocycles. The number of halogens is 1. The van der Waals surface area contributed by atoms with E-state index in [9.17, 15) is 9.18 Å². The summed E-state index contributed by atoms with van der Waals surface area (Å²) in [6, 6.07) is 4.72. The lowest BCUT2D eigenvalue weighted by Crippen LogP contribution is -2.45. The van der Waals surface area contributed by atoms with Crippen LogP contribution < -0.4 is 5.73 Å². The van der Waals surface area contributed by atoms with Crippen molar-refractivity contribution in [2.24, 2.45) is 11.7 Å². The van der Waals surface area contributed by atoms with Gasteiger partial charge in [-0.25, -0.2) is 4.39 Å². The van der Waals surface area contributed by atoms with Gasteiger partial charge in [0.25, 0.3) is 5.91 Å². The predicted octanol–water partition coefficient (Wildman–Crippen LogP) is 2.33. The van der Waals surface area contributed by atoms with Crippen molar-refractivity contribution in [1.82, 2.24) is 4.90 Å². The molecule has 0 aliphatic carbocycles. The highest BCUT2D eigenvalue weighted by Crippen LogP contribution is 2.21. The van der Waals surface area contributed by atoms with E-state index in [-0.39, 0.29) is 17.5 Å². The first-order valence-corrected chi connectivity index (χ1v) is 6.80. The highest BCUT2D eigenvalue weighted by atomic mass is 19.1. The molecular formula is C15H21FN2O. The van der Waals surface area contributed by atoms with Crippen molar-refractivity contribution < 1.29 is 9.18 Å². The van der Waals surface area contributed by atoms with Crippen LogP contribution in [-0.2, 0) is 0 Å². The Labute approximate surface area is 113 Å². The van der Waals surface area contributed by atoms with E-state index in [0.717, 1.165) is 18.4 Å². The monoisotopic (exact) mass is 264 g/mol. The van der Waals surface area contributed by atoms with E-state index in [1.165, 1.54) is 6.07 Å². The fraction of sp³-hybridized carbons (Fsp3) is 0.533. The number of hydrogen-bond acceptors (Lipinski definition) is 2. The van der Waals surface area contributed by atoms with E-state index in [1.807, 2.05) is 13.8 Å². The molecule has 3 nitrogen and oxygen atoms in total. The smallest absolute Gasteiger partial charge is 0.256 e. The third-order valence-electron chi connectivity index (χ3n) is 3.84. The summed E-state index contributed by atoms with van der Waals surface area (Å²) in [7, 11) is 0. The average Bonchev–Trinajstić information content (AvgIpc) is 2.41. The molecule has 0 bridgehead atoms. The zero-order chi connectivity index (χ0) is 14.0. The molecule has 0 radical (unpaired) electrons. The van der Waals surface area contributed by atoms with Crippen LogP contribution in [0.25, 0.3) is 0 Å². The molecule has 2 atom stereocenters. The third-order valence-corrected chi connectivity index (χ3v) is 3.84. The Balaban J connectivity index is 2.17. The molecule has 104 valence electrons. The van der Waals surface area contributed by atoms with Gasteiger partial charge in [-0.1, -0.05) is 11.6 Å². The molecule has 1 heterocycles. The van der Waals surface area contributed by atoms with Crippen LogP contribution in [0, 0.1) is 18.7 Å². The maximum Gasteiger partial charge on any atom is 0.256 e. The number of aryl methyl sites for hydroxylation is 1. The molecule has 19 heavy (non-hydrogen) atoms. The second kappa shape index (κ2) is 5.70. The van der Waals surface area contributed by atoms with Gasteiger partial charge in [-0.05, 0) is 44.7 Å². The number of amides is 1. The normalized spacial score (nSPS) is 21.3. The molecule has 2 N–H and O–H groups in total. The van der Waals surface area contributed by atoms with Gasteiger partial charge in [0.05, 0.1) is 5.56 Å². The lowest BCUT2D eigenvalue weighted by molar-refractivity contribution is 0.0656. The average molecular weight is 264 g/mol. The van der Waals surface area contributed by atoms with Crippen LogP contribution in [0.4, 0.5) is 4.39 Å². The van der Waals surface area contributed by atoms with Crippen LogP contribution in [-0.4, -0.2) is 29.9 Å². The van der Waals surface area contributed by atoms with Crippen LogP contribution >= 0.6 is 0 Å². The molecule has 1 amide bonds. The standard InChI is InChI=1S/C15H21FN2O/c1-10-5-6-14(16)13(8-10)15(19)18-7-3-4-12(9-18)11(2)17/h5-6,8,11-12H,3-4,7,9,17H2,1-2H3. The SMILES string of the molecule is Cc1ccc(F)c(C(=O)N2CCCC(C(C)N)C2)c1. The Bertz CT molecular complexity index is 473. The largest absolute Gasteiger partial charge is 0.338 e. The van der Waals surface area contributed by atoms with Crippen LogP contribution in [0.3, 0.4) is 0 Å².